The fraction of sp³-hybridized carbons (Fsp3) is 0.135. The van der Waals surface area contributed by atoms with Gasteiger partial charge in [0.25, 0.3) is 5.91 Å². The number of ether oxygens (including phenoxy) is 4. The Bertz CT molecular complexity index is 1760. The van der Waals surface area contributed by atoms with E-state index in [4.69, 9.17) is 18.9 Å². The van der Waals surface area contributed by atoms with E-state index < -0.39 is 18.1 Å². The summed E-state index contributed by atoms with van der Waals surface area (Å²) >= 11 is 0. The lowest BCUT2D eigenvalue weighted by molar-refractivity contribution is 0.0261. The highest BCUT2D eigenvalue weighted by atomic mass is 16.7. The largest absolute Gasteiger partial charge is 0.487 e. The maximum Gasteiger partial charge on any atom is 0.338 e. The number of benzene rings is 5. The molecule has 1 aliphatic rings. The summed E-state index contributed by atoms with van der Waals surface area (Å²) in [7, 11) is 0. The molecule has 5 aromatic carbocycles. The van der Waals surface area contributed by atoms with Crippen LogP contribution in [0.5, 0.6) is 17.2 Å². The van der Waals surface area contributed by atoms with Crippen molar-refractivity contribution in [3.8, 4) is 17.2 Å². The first-order valence-corrected chi connectivity index (χ1v) is 14.6. The Balaban J connectivity index is 1.28. The predicted octanol–water partition coefficient (Wildman–Crippen LogP) is 7.65. The number of nitrogens with one attached hydrogen (secondary N) is 2. The number of hydrogen-bond acceptors (Lipinski definition) is 7. The predicted molar refractivity (Wildman–Crippen MR) is 172 cm³/mol. The van der Waals surface area contributed by atoms with Crippen LogP contribution in [0.15, 0.2) is 127 Å². The summed E-state index contributed by atoms with van der Waals surface area (Å²) in [5.41, 5.74) is 3.96. The summed E-state index contributed by atoms with van der Waals surface area (Å²) in [4.78, 5) is 26.1. The Morgan fingerprint density at radius 3 is 2.16 bits per heavy atom. The summed E-state index contributed by atoms with van der Waals surface area (Å²) < 4.78 is 23.5. The Hall–Kier alpha value is -5.76. The van der Waals surface area contributed by atoms with Gasteiger partial charge < -0.3 is 29.6 Å². The number of amides is 1. The third kappa shape index (κ3) is 7.25. The maximum atomic E-state index is 13.2. The standard InChI is InChI=1S/C37H32N2O6/c1-25(35(45-37(41)28-15-9-4-10-16-28)29-17-20-32-34(21-29)44-24-43-32)38-31-19-18-30(39-36(40)27-13-7-3-8-14-27)22-33(31)42-23-26-11-5-2-6-12-26/h2-22,25,35,38H,23-24H2,1H3,(H,39,40). The molecular formula is C37H32N2O6. The van der Waals surface area contributed by atoms with Crippen LogP contribution < -0.4 is 24.8 Å². The average Bonchev–Trinajstić information content (AvgIpc) is 3.56. The SMILES string of the molecule is CC(Nc1ccc(NC(=O)c2ccccc2)cc1OCc1ccccc1)C(OC(=O)c1ccccc1)c1ccc2c(c1)OCO2. The second-order valence-electron chi connectivity index (χ2n) is 10.5. The van der Waals surface area contributed by atoms with Crippen LogP contribution in [0.25, 0.3) is 0 Å². The molecule has 6 rings (SSSR count). The first-order chi connectivity index (χ1) is 22.0. The van der Waals surface area contributed by atoms with Crippen molar-refractivity contribution < 1.29 is 28.5 Å². The van der Waals surface area contributed by atoms with Gasteiger partial charge in [0.05, 0.1) is 17.3 Å². The Morgan fingerprint density at radius 1 is 0.756 bits per heavy atom. The van der Waals surface area contributed by atoms with E-state index in [0.29, 0.717) is 46.4 Å². The monoisotopic (exact) mass is 600 g/mol. The minimum absolute atomic E-state index is 0.135. The summed E-state index contributed by atoms with van der Waals surface area (Å²) in [5.74, 6) is 1.07. The highest BCUT2D eigenvalue weighted by Crippen LogP contribution is 2.38. The highest BCUT2D eigenvalue weighted by Gasteiger charge is 2.27. The molecule has 0 aliphatic carbocycles. The second kappa shape index (κ2) is 13.7. The van der Waals surface area contributed by atoms with Crippen LogP contribution in [0.4, 0.5) is 11.4 Å². The van der Waals surface area contributed by atoms with E-state index in [1.807, 2.05) is 85.8 Å². The molecule has 0 spiro atoms. The average molecular weight is 601 g/mol. The summed E-state index contributed by atoms with van der Waals surface area (Å²) in [5, 5.41) is 6.45. The Kier molecular flexibility index (Phi) is 8.92. The van der Waals surface area contributed by atoms with Gasteiger partial charge in [-0.2, -0.15) is 0 Å². The van der Waals surface area contributed by atoms with Gasteiger partial charge in [-0.1, -0.05) is 72.8 Å². The molecular weight excluding hydrogens is 568 g/mol. The molecule has 0 fully saturated rings. The lowest BCUT2D eigenvalue weighted by Crippen LogP contribution is -2.28. The quantitative estimate of drug-likeness (QED) is 0.150. The van der Waals surface area contributed by atoms with Gasteiger partial charge in [-0.05, 0) is 66.6 Å². The van der Waals surface area contributed by atoms with Crippen molar-refractivity contribution in [2.45, 2.75) is 25.7 Å². The summed E-state index contributed by atoms with van der Waals surface area (Å²) in [6.07, 6.45) is -0.702. The van der Waals surface area contributed by atoms with Gasteiger partial charge in [-0.15, -0.1) is 0 Å². The molecule has 8 heteroatoms. The molecule has 0 saturated heterocycles. The molecule has 1 amide bonds. The van der Waals surface area contributed by atoms with Crippen molar-refractivity contribution in [1.82, 2.24) is 0 Å². The number of esters is 1. The normalized spacial score (nSPS) is 12.9. The van der Waals surface area contributed by atoms with Gasteiger partial charge in [0, 0.05) is 17.3 Å². The van der Waals surface area contributed by atoms with E-state index in [-0.39, 0.29) is 12.7 Å². The molecule has 0 radical (unpaired) electrons. The molecule has 226 valence electrons. The third-order valence-corrected chi connectivity index (χ3v) is 7.32. The Labute approximate surface area is 261 Å². The third-order valence-electron chi connectivity index (χ3n) is 7.32. The van der Waals surface area contributed by atoms with Crippen LogP contribution >= 0.6 is 0 Å². The fourth-order valence-corrected chi connectivity index (χ4v) is 4.99. The van der Waals surface area contributed by atoms with Crippen molar-refractivity contribution in [2.24, 2.45) is 0 Å². The van der Waals surface area contributed by atoms with Crippen LogP contribution in [0.2, 0.25) is 0 Å². The molecule has 1 heterocycles. The van der Waals surface area contributed by atoms with E-state index in [2.05, 4.69) is 10.6 Å². The highest BCUT2D eigenvalue weighted by molar-refractivity contribution is 6.04. The van der Waals surface area contributed by atoms with E-state index in [1.54, 1.807) is 48.5 Å². The molecule has 2 N–H and O–H groups in total. The molecule has 45 heavy (non-hydrogen) atoms. The summed E-state index contributed by atoms with van der Waals surface area (Å²) in [6, 6.07) is 38.2. The number of carbonyl (C=O) groups excluding carboxylic acids is 2. The minimum Gasteiger partial charge on any atom is -0.487 e. The topological polar surface area (TPSA) is 95.1 Å². The molecule has 0 aromatic heterocycles. The summed E-state index contributed by atoms with van der Waals surface area (Å²) in [6.45, 7) is 2.38. The van der Waals surface area contributed by atoms with Gasteiger partial charge in [-0.25, -0.2) is 4.79 Å². The van der Waals surface area contributed by atoms with Gasteiger partial charge in [0.15, 0.2) is 11.5 Å². The van der Waals surface area contributed by atoms with Crippen molar-refractivity contribution in [1.29, 1.82) is 0 Å². The number of rotatable bonds is 11. The van der Waals surface area contributed by atoms with Crippen molar-refractivity contribution in [3.63, 3.8) is 0 Å². The number of fused-ring (bicyclic) bond motifs is 1. The molecule has 2 unspecified atom stereocenters. The zero-order chi connectivity index (χ0) is 31.0. The second-order valence-corrected chi connectivity index (χ2v) is 10.5. The van der Waals surface area contributed by atoms with E-state index in [9.17, 15) is 9.59 Å². The van der Waals surface area contributed by atoms with Crippen LogP contribution in [0.1, 0.15) is 44.9 Å². The van der Waals surface area contributed by atoms with E-state index >= 15 is 0 Å². The lowest BCUT2D eigenvalue weighted by atomic mass is 10.0. The maximum absolute atomic E-state index is 13.2. The number of anilines is 2. The van der Waals surface area contributed by atoms with Crippen molar-refractivity contribution in [2.75, 3.05) is 17.4 Å². The molecule has 0 bridgehead atoms. The van der Waals surface area contributed by atoms with Crippen molar-refractivity contribution in [3.05, 3.63) is 150 Å². The van der Waals surface area contributed by atoms with Gasteiger partial charge in [-0.3, -0.25) is 4.79 Å². The number of hydrogen-bond donors (Lipinski definition) is 2. The van der Waals surface area contributed by atoms with Crippen LogP contribution in [0, 0.1) is 0 Å². The lowest BCUT2D eigenvalue weighted by Gasteiger charge is -2.27. The zero-order valence-electron chi connectivity index (χ0n) is 24.6. The number of carbonyl (C=O) groups is 2. The van der Waals surface area contributed by atoms with Crippen LogP contribution in [-0.2, 0) is 11.3 Å². The Morgan fingerprint density at radius 2 is 1.42 bits per heavy atom. The van der Waals surface area contributed by atoms with Crippen molar-refractivity contribution >= 4 is 23.3 Å². The van der Waals surface area contributed by atoms with Crippen LogP contribution in [0.3, 0.4) is 0 Å². The zero-order valence-corrected chi connectivity index (χ0v) is 24.6. The first kappa shape index (κ1) is 29.3. The molecule has 5 aromatic rings. The first-order valence-electron chi connectivity index (χ1n) is 14.6. The van der Waals surface area contributed by atoms with Gasteiger partial charge >= 0.3 is 5.97 Å². The molecule has 2 atom stereocenters. The fourth-order valence-electron chi connectivity index (χ4n) is 4.99. The molecule has 1 aliphatic heterocycles. The van der Waals surface area contributed by atoms with Gasteiger partial charge in [0.1, 0.15) is 18.5 Å². The van der Waals surface area contributed by atoms with E-state index in [0.717, 1.165) is 11.1 Å². The van der Waals surface area contributed by atoms with E-state index in [1.165, 1.54) is 0 Å². The van der Waals surface area contributed by atoms with Crippen LogP contribution in [-0.4, -0.2) is 24.7 Å². The minimum atomic E-state index is -0.702. The van der Waals surface area contributed by atoms with Gasteiger partial charge in [0.2, 0.25) is 6.79 Å². The molecule has 0 saturated carbocycles. The smallest absolute Gasteiger partial charge is 0.338 e. The molecule has 8 nitrogen and oxygen atoms in total.